The van der Waals surface area contributed by atoms with Crippen molar-refractivity contribution in [3.63, 3.8) is 0 Å². The lowest BCUT2D eigenvalue weighted by Gasteiger charge is -2.42. The van der Waals surface area contributed by atoms with Gasteiger partial charge in [0.05, 0.1) is 42.7 Å². The number of benzene rings is 4. The van der Waals surface area contributed by atoms with Gasteiger partial charge < -0.3 is 91.0 Å². The number of likely N-dealkylation sites (tertiary alicyclic amines) is 1. The van der Waals surface area contributed by atoms with Gasteiger partial charge in [0.25, 0.3) is 0 Å². The minimum Gasteiger partial charge on any atom is -0.508 e. The third-order valence-corrected chi connectivity index (χ3v) is 25.2. The number of phenols is 1. The molecule has 4 bridgehead atoms. The fraction of sp³-hybridized carbons (Fsp3) is 0.511. The third-order valence-electron chi connectivity index (χ3n) is 23.6. The predicted octanol–water partition coefficient (Wildman–Crippen LogP) is 4.83. The summed E-state index contributed by atoms with van der Waals surface area (Å²) in [7, 11) is 7.02. The number of carbonyl (C=O) groups excluding carboxylic acids is 13. The van der Waals surface area contributed by atoms with Gasteiger partial charge in [0.15, 0.2) is 11.5 Å². The molecule has 35 heteroatoms. The third kappa shape index (κ3) is 24.0. The number of ether oxygens (including phenoxy) is 5. The van der Waals surface area contributed by atoms with E-state index in [4.69, 9.17) is 41.0 Å². The van der Waals surface area contributed by atoms with E-state index >= 15 is 19.2 Å². The highest BCUT2D eigenvalue weighted by Gasteiger charge is 2.65. The Kier molecular flexibility index (Phi) is 32.7. The van der Waals surface area contributed by atoms with Crippen LogP contribution in [0.3, 0.4) is 0 Å². The van der Waals surface area contributed by atoms with E-state index in [-0.39, 0.29) is 93.3 Å². The van der Waals surface area contributed by atoms with E-state index in [1.807, 2.05) is 31.2 Å². The summed E-state index contributed by atoms with van der Waals surface area (Å²) in [4.78, 5) is 195. The number of aromatic nitrogens is 1. The van der Waals surface area contributed by atoms with Crippen LogP contribution in [0, 0.1) is 11.8 Å². The van der Waals surface area contributed by atoms with Crippen LogP contribution in [0.2, 0.25) is 5.02 Å². The number of aliphatic hydroxyl groups excluding tert-OH is 1. The summed E-state index contributed by atoms with van der Waals surface area (Å²) >= 11 is 7.95. The van der Waals surface area contributed by atoms with Crippen LogP contribution in [-0.4, -0.2) is 256 Å². The number of unbranched alkanes of at least 4 members (excludes halogenated alkanes) is 1. The number of Topliss-reactive ketones (excluding diaryl/α,β-unsaturated/α-hetero) is 1. The molecule has 12 N–H and O–H groups in total. The first-order valence-corrected chi connectivity index (χ1v) is 42.8. The summed E-state index contributed by atoms with van der Waals surface area (Å²) in [6.45, 7) is 8.04. The normalized spacial score (nSPS) is 27.1. The second-order valence-electron chi connectivity index (χ2n) is 32.5. The van der Waals surface area contributed by atoms with Crippen molar-refractivity contribution in [3.05, 3.63) is 148 Å². The number of H-pyrrole nitrogens is 1. The molecule has 0 saturated carbocycles. The zero-order chi connectivity index (χ0) is 89.3. The minimum absolute atomic E-state index is 0.0397. The number of methoxy groups -OCH3 is 2. The molecule has 5 aliphatic rings. The number of halogens is 1. The first-order chi connectivity index (χ1) is 58.5. The number of thioether (sulfide) groups is 1. The minimum atomic E-state index is -1.94. The maximum Gasteiger partial charge on any atom is 0.409 e. The lowest BCUT2D eigenvalue weighted by Crippen LogP contribution is -2.63. The molecule has 6 heterocycles. The SMILES string of the molecule is COc1cc2cc(c1Cl)N(C)C(=O)C[C@H](OC(=O)[C@H](C)N(C)C(=O)CCSC1CC(=O)N(CCCNC(=O)CC[C@H]3C(=O)N[C@@H](Cc4ccc(O)cc4)C(=O)N[C@H](Cc4c[nH]c5ccccc45)C(=O)C[C@@H](CCCCN)C(=O)N[C@@H]([C@@H](C)O)C(=O)N[C@@H](Cc4ccccc4)C(=O)N3C)C1=O)[C@]1(C)O[C@H]1[C@H](C)[C@@H]1C[C@@](O)(NC(=O)O1)[C@H](OC)/C=C/C=C(\C)C2. The number of phenolic OH excluding ortho intramolecular Hbond substituents is 1. The number of nitrogens with two attached hydrogens (primary N) is 1. The Morgan fingerprint density at radius 1 is 0.797 bits per heavy atom. The molecule has 0 radical (unpaired) electrons. The number of aromatic hydroxyl groups is 1. The van der Waals surface area contributed by atoms with Crippen molar-refractivity contribution in [2.75, 3.05) is 65.6 Å². The van der Waals surface area contributed by atoms with Crippen molar-refractivity contribution >= 4 is 117 Å². The van der Waals surface area contributed by atoms with Gasteiger partial charge in [0, 0.05) is 127 Å². The van der Waals surface area contributed by atoms with Crippen LogP contribution in [0.4, 0.5) is 10.5 Å². The van der Waals surface area contributed by atoms with Crippen molar-refractivity contribution in [3.8, 4) is 11.5 Å². The van der Waals surface area contributed by atoms with E-state index in [0.29, 0.717) is 41.6 Å². The Balaban J connectivity index is 0.793. The standard InChI is InChI=1S/C88H113ClN12O21S/c1-49-20-18-26-70(119-10)88(117)47-68(120-86(116)97-88)50(2)78-87(5,122-78)71(46-74(107)99(7)65-41-55(38-49)42-67(118-9)76(65)89)121-85(115)51(3)98(6)73(106)33-37-123-69-45-75(108)101(84(69)114)36-19-35-91-72(105)32-31-64-81(111)94-62(39-54-27-29-58(103)30-28-54)80(110)93-61(43-57-48-92-60-25-15-14-24-59(57)60)66(104)44-56(23-16-17-34-90)79(109)96-77(52(4)102)82(112)95-63(83(113)100(64)8)40-53-21-12-11-13-22-53/h11-15,18,20-22,24-30,41-42,48,50-52,56,61-64,68-71,77-78,92,102-103,117H,16-17,19,23,31-40,43-47,90H2,1-10H3,(H,91,105)(H,93,110)(H,94,111)(H,95,112)(H,96,109)(H,97,116)/b26-18+,49-20+/t50-,51+,52-,56-,61-,62+,63+,64+,68+,69?,70-,71+,77+,78+,87+,88+/m1/s1. The molecule has 1 unspecified atom stereocenters. The second-order valence-corrected chi connectivity index (χ2v) is 34.2. The number of fused-ring (bicyclic) bond motifs is 6. The summed E-state index contributed by atoms with van der Waals surface area (Å²) in [6, 6.07) is 16.3. The number of likely N-dealkylation sites (N-methyl/N-ethyl adjacent to an activating group) is 2. The van der Waals surface area contributed by atoms with Crippen LogP contribution < -0.4 is 47.3 Å². The lowest BCUT2D eigenvalue weighted by molar-refractivity contribution is -0.162. The molecule has 0 spiro atoms. The van der Waals surface area contributed by atoms with Gasteiger partial charge >= 0.3 is 12.1 Å². The van der Waals surface area contributed by atoms with Crippen LogP contribution in [-0.2, 0) is 102 Å². The maximum absolute atomic E-state index is 15.3. The number of esters is 1. The van der Waals surface area contributed by atoms with Gasteiger partial charge in [-0.3, -0.25) is 63.0 Å². The number of hydrogen-bond donors (Lipinski definition) is 11. The Hall–Kier alpha value is -10.8. The largest absolute Gasteiger partial charge is 0.508 e. The number of nitrogens with zero attached hydrogens (tertiary/aromatic N) is 4. The number of anilines is 1. The van der Waals surface area contributed by atoms with Crippen molar-refractivity contribution in [2.24, 2.45) is 17.6 Å². The molecule has 10 rings (SSSR count). The number of alkyl carbamates (subject to hydrolysis) is 1. The summed E-state index contributed by atoms with van der Waals surface area (Å²) in [5.74, 6) is -10.1. The Morgan fingerprint density at radius 2 is 1.49 bits per heavy atom. The Morgan fingerprint density at radius 3 is 2.20 bits per heavy atom. The van der Waals surface area contributed by atoms with Crippen molar-refractivity contribution in [1.82, 2.24) is 51.6 Å². The zero-order valence-corrected chi connectivity index (χ0v) is 72.4. The molecule has 0 aliphatic carbocycles. The molecular weight excluding hydrogens is 1630 g/mol. The van der Waals surface area contributed by atoms with E-state index in [1.165, 1.54) is 78.4 Å². The summed E-state index contributed by atoms with van der Waals surface area (Å²) < 4.78 is 29.6. The van der Waals surface area contributed by atoms with E-state index in [1.54, 1.807) is 80.7 Å². The predicted molar refractivity (Wildman–Crippen MR) is 456 cm³/mol. The molecule has 5 aromatic rings. The molecule has 123 heavy (non-hydrogen) atoms. The number of ketones is 1. The lowest BCUT2D eigenvalue weighted by atomic mass is 9.83. The molecule has 33 nitrogen and oxygen atoms in total. The molecule has 664 valence electrons. The fourth-order valence-electron chi connectivity index (χ4n) is 16.0. The van der Waals surface area contributed by atoms with Gasteiger partial charge in [-0.2, -0.15) is 0 Å². The molecule has 4 aromatic carbocycles. The van der Waals surface area contributed by atoms with Crippen LogP contribution in [0.1, 0.15) is 128 Å². The van der Waals surface area contributed by atoms with E-state index in [9.17, 15) is 58.5 Å². The molecule has 5 aliphatic heterocycles. The first-order valence-electron chi connectivity index (χ1n) is 41.4. The highest BCUT2D eigenvalue weighted by Crippen LogP contribution is 2.50. The van der Waals surface area contributed by atoms with Crippen molar-refractivity contribution in [2.45, 2.75) is 214 Å². The number of nitrogens with one attached hydrogen (secondary N) is 7. The number of amides is 11. The number of imide groups is 1. The van der Waals surface area contributed by atoms with Crippen molar-refractivity contribution in [1.29, 1.82) is 0 Å². The zero-order valence-electron chi connectivity index (χ0n) is 70.8. The number of aromatic amines is 1. The number of allylic oxidation sites excluding steroid dienone is 3. The molecule has 4 fully saturated rings. The highest BCUT2D eigenvalue weighted by molar-refractivity contribution is 8.00. The number of para-hydroxylation sites is 1. The number of aliphatic hydroxyl groups is 2. The van der Waals surface area contributed by atoms with Crippen LogP contribution in [0.5, 0.6) is 11.5 Å². The van der Waals surface area contributed by atoms with Gasteiger partial charge in [0.1, 0.15) is 70.6 Å². The van der Waals surface area contributed by atoms with Gasteiger partial charge in [0.2, 0.25) is 59.1 Å². The van der Waals surface area contributed by atoms with Gasteiger partial charge in [-0.15, -0.1) is 11.8 Å². The molecule has 11 amide bonds. The van der Waals surface area contributed by atoms with E-state index in [0.717, 1.165) is 48.5 Å². The number of rotatable bonds is 27. The average Bonchev–Trinajstić information content (AvgIpc) is 1.57. The smallest absolute Gasteiger partial charge is 0.409 e. The first kappa shape index (κ1) is 94.5. The monoisotopic (exact) mass is 1740 g/mol. The van der Waals surface area contributed by atoms with Gasteiger partial charge in [-0.25, -0.2) is 9.59 Å². The van der Waals surface area contributed by atoms with Crippen molar-refractivity contribution < 1.29 is 101 Å². The van der Waals surface area contributed by atoms with E-state index in [2.05, 4.69) is 36.9 Å². The second kappa shape index (κ2) is 42.6. The molecule has 1 aromatic heterocycles. The number of epoxide rings is 1. The average molecular weight is 1740 g/mol. The quantitative estimate of drug-likeness (QED) is 0.0145. The number of hydrogen-bond acceptors (Lipinski definition) is 23. The Labute approximate surface area is 723 Å². The van der Waals surface area contributed by atoms with Crippen LogP contribution >= 0.6 is 23.4 Å². The van der Waals surface area contributed by atoms with Gasteiger partial charge in [-0.05, 0) is 119 Å². The fourth-order valence-corrected chi connectivity index (χ4v) is 17.5. The topological polar surface area (TPSA) is 459 Å². The molecule has 16 atom stereocenters. The van der Waals surface area contributed by atoms with Crippen LogP contribution in [0.25, 0.3) is 10.9 Å². The summed E-state index contributed by atoms with van der Waals surface area (Å²) in [6.07, 6.45) is -1.17. The molecule has 4 saturated heterocycles. The summed E-state index contributed by atoms with van der Waals surface area (Å²) in [5.41, 5.74) is 6.80. The summed E-state index contributed by atoms with van der Waals surface area (Å²) in [5, 5.41) is 49.8. The highest BCUT2D eigenvalue weighted by atomic mass is 35.5. The Bertz CT molecular complexity index is 4760. The van der Waals surface area contributed by atoms with E-state index < -0.39 is 198 Å². The number of carbonyl (C=O) groups is 13. The van der Waals surface area contributed by atoms with Gasteiger partial charge in [-0.1, -0.05) is 109 Å². The molecular formula is C88H113ClN12O21S. The maximum atomic E-state index is 15.3. The van der Waals surface area contributed by atoms with Crippen LogP contribution in [0.15, 0.2) is 121 Å².